The van der Waals surface area contributed by atoms with Gasteiger partial charge in [-0.1, -0.05) is 36.9 Å². The number of thioether (sulfide) groups is 1. The van der Waals surface area contributed by atoms with Gasteiger partial charge in [-0.15, -0.1) is 10.2 Å². The third-order valence-corrected chi connectivity index (χ3v) is 4.17. The maximum absolute atomic E-state index is 11.7. The number of nitrogens with zero attached hydrogens (tertiary/aromatic N) is 5. The first-order valence-corrected chi connectivity index (χ1v) is 7.95. The van der Waals surface area contributed by atoms with Gasteiger partial charge in [-0.2, -0.15) is 5.10 Å². The van der Waals surface area contributed by atoms with Crippen LogP contribution in [-0.2, 0) is 11.3 Å². The Morgan fingerprint density at radius 1 is 1.50 bits per heavy atom. The lowest BCUT2D eigenvalue weighted by atomic mass is 10.3. The lowest BCUT2D eigenvalue weighted by molar-refractivity contribution is -0.116. The molecule has 7 nitrogen and oxygen atoms in total. The highest BCUT2D eigenvalue weighted by molar-refractivity contribution is 8.01. The highest BCUT2D eigenvalue weighted by atomic mass is 32.2. The van der Waals surface area contributed by atoms with E-state index in [1.165, 1.54) is 17.7 Å². The average molecular weight is 312 g/mol. The molecule has 0 spiro atoms. The molecule has 2 heterocycles. The lowest BCUT2D eigenvalue weighted by Gasteiger charge is -2.01. The molecule has 0 saturated carbocycles. The second-order valence-electron chi connectivity index (χ2n) is 4.35. The van der Waals surface area contributed by atoms with Gasteiger partial charge < -0.3 is 5.32 Å². The van der Waals surface area contributed by atoms with Crippen LogP contribution >= 0.6 is 23.1 Å². The summed E-state index contributed by atoms with van der Waals surface area (Å²) < 4.78 is 2.58. The molecule has 1 amide bonds. The smallest absolute Gasteiger partial charge is 0.226 e. The first-order valence-electron chi connectivity index (χ1n) is 6.26. The molecule has 20 heavy (non-hydrogen) atoms. The van der Waals surface area contributed by atoms with Crippen LogP contribution in [-0.4, -0.2) is 36.1 Å². The molecule has 0 bridgehead atoms. The minimum atomic E-state index is -0.0534. The van der Waals surface area contributed by atoms with Crippen LogP contribution in [0.2, 0.25) is 0 Å². The van der Waals surface area contributed by atoms with Gasteiger partial charge in [-0.25, -0.2) is 4.98 Å². The van der Waals surface area contributed by atoms with E-state index in [0.29, 0.717) is 29.8 Å². The second-order valence-corrected chi connectivity index (χ2v) is 7.15. The van der Waals surface area contributed by atoms with E-state index in [1.54, 1.807) is 22.8 Å². The van der Waals surface area contributed by atoms with Gasteiger partial charge in [0.2, 0.25) is 11.0 Å². The monoisotopic (exact) mass is 312 g/mol. The number of carbonyl (C=O) groups is 1. The van der Waals surface area contributed by atoms with Crippen LogP contribution in [0.15, 0.2) is 17.0 Å². The van der Waals surface area contributed by atoms with Crippen molar-refractivity contribution in [3.05, 3.63) is 12.7 Å². The molecule has 2 aromatic heterocycles. The molecule has 9 heteroatoms. The molecule has 0 aliphatic carbocycles. The van der Waals surface area contributed by atoms with Gasteiger partial charge >= 0.3 is 0 Å². The summed E-state index contributed by atoms with van der Waals surface area (Å²) in [7, 11) is 0. The Hall–Kier alpha value is -1.48. The number of carbonyl (C=O) groups excluding carboxylic acids is 1. The van der Waals surface area contributed by atoms with Gasteiger partial charge in [0.1, 0.15) is 12.7 Å². The molecule has 0 unspecified atom stereocenters. The zero-order chi connectivity index (χ0) is 14.4. The Balaban J connectivity index is 1.72. The Morgan fingerprint density at radius 3 is 3.05 bits per heavy atom. The topological polar surface area (TPSA) is 85.6 Å². The summed E-state index contributed by atoms with van der Waals surface area (Å²) in [4.78, 5) is 15.6. The van der Waals surface area contributed by atoms with Crippen LogP contribution in [0, 0.1) is 0 Å². The summed E-state index contributed by atoms with van der Waals surface area (Å²) in [6.07, 6.45) is 4.25. The fraction of sp³-hybridized carbons (Fsp3) is 0.545. The van der Waals surface area contributed by atoms with Gasteiger partial charge in [0.05, 0.1) is 0 Å². The van der Waals surface area contributed by atoms with Crippen molar-refractivity contribution in [1.82, 2.24) is 25.0 Å². The molecule has 2 rings (SSSR count). The molecule has 2 aromatic rings. The van der Waals surface area contributed by atoms with E-state index in [-0.39, 0.29) is 5.91 Å². The first-order chi connectivity index (χ1) is 9.63. The summed E-state index contributed by atoms with van der Waals surface area (Å²) >= 11 is 3.04. The van der Waals surface area contributed by atoms with Crippen LogP contribution in [0.4, 0.5) is 5.13 Å². The molecule has 0 radical (unpaired) electrons. The maximum Gasteiger partial charge on any atom is 0.226 e. The van der Waals surface area contributed by atoms with E-state index < -0.39 is 0 Å². The van der Waals surface area contributed by atoms with Crippen LogP contribution in [0.3, 0.4) is 0 Å². The largest absolute Gasteiger partial charge is 0.301 e. The molecule has 108 valence electrons. The number of aryl methyl sites for hydroxylation is 1. The molecule has 0 aliphatic heterocycles. The van der Waals surface area contributed by atoms with Gasteiger partial charge in [-0.05, 0) is 6.42 Å². The number of amides is 1. The number of rotatable bonds is 7. The molecular weight excluding hydrogens is 296 g/mol. The van der Waals surface area contributed by atoms with Gasteiger partial charge in [0, 0.05) is 18.2 Å². The third-order valence-electron chi connectivity index (χ3n) is 2.25. The molecule has 0 fully saturated rings. The Morgan fingerprint density at radius 2 is 2.35 bits per heavy atom. The number of aromatic nitrogens is 5. The summed E-state index contributed by atoms with van der Waals surface area (Å²) in [5.41, 5.74) is 0. The Labute approximate surface area is 125 Å². The molecule has 1 N–H and O–H groups in total. The number of hydrogen-bond acceptors (Lipinski definition) is 7. The molecule has 0 atom stereocenters. The predicted molar refractivity (Wildman–Crippen MR) is 78.8 cm³/mol. The minimum Gasteiger partial charge on any atom is -0.301 e. The minimum absolute atomic E-state index is 0.0534. The molecule has 0 aromatic carbocycles. The van der Waals surface area contributed by atoms with E-state index in [0.717, 1.165) is 4.34 Å². The standard InChI is InChI=1S/C11H16N6OS2/c1-8(2)19-11-16-15-10(20-11)14-9(18)4-3-5-17-7-12-6-13-17/h6-8H,3-5H2,1-2H3,(H,14,15,18). The number of anilines is 1. The van der Waals surface area contributed by atoms with Crippen LogP contribution in [0.1, 0.15) is 26.7 Å². The summed E-state index contributed by atoms with van der Waals surface area (Å²) in [5, 5.41) is 15.7. The summed E-state index contributed by atoms with van der Waals surface area (Å²) in [5.74, 6) is -0.0534. The van der Waals surface area contributed by atoms with Gasteiger partial charge in [-0.3, -0.25) is 9.48 Å². The fourth-order valence-corrected chi connectivity index (χ4v) is 3.43. The zero-order valence-corrected chi connectivity index (χ0v) is 12.9. The molecular formula is C11H16N6OS2. The highest BCUT2D eigenvalue weighted by Crippen LogP contribution is 2.28. The molecule has 0 saturated heterocycles. The van der Waals surface area contributed by atoms with Crippen molar-refractivity contribution < 1.29 is 4.79 Å². The van der Waals surface area contributed by atoms with E-state index in [1.807, 2.05) is 0 Å². The average Bonchev–Trinajstić information content (AvgIpc) is 3.00. The predicted octanol–water partition coefficient (Wildman–Crippen LogP) is 2.05. The molecule has 0 aliphatic rings. The number of hydrogen-bond donors (Lipinski definition) is 1. The quantitative estimate of drug-likeness (QED) is 0.622. The Kier molecular flexibility index (Phi) is 5.48. The van der Waals surface area contributed by atoms with E-state index in [9.17, 15) is 4.79 Å². The van der Waals surface area contributed by atoms with Crippen molar-refractivity contribution in [1.29, 1.82) is 0 Å². The van der Waals surface area contributed by atoms with Crippen molar-refractivity contribution in [2.45, 2.75) is 42.8 Å². The lowest BCUT2D eigenvalue weighted by Crippen LogP contribution is -2.12. The van der Waals surface area contributed by atoms with E-state index in [4.69, 9.17) is 0 Å². The fourth-order valence-electron chi connectivity index (χ4n) is 1.44. The van der Waals surface area contributed by atoms with Crippen molar-refractivity contribution in [2.75, 3.05) is 5.32 Å². The van der Waals surface area contributed by atoms with Crippen LogP contribution < -0.4 is 5.32 Å². The SMILES string of the molecule is CC(C)Sc1nnc(NC(=O)CCCn2cncn2)s1. The summed E-state index contributed by atoms with van der Waals surface area (Å²) in [6.45, 7) is 4.86. The highest BCUT2D eigenvalue weighted by Gasteiger charge is 2.09. The van der Waals surface area contributed by atoms with Crippen LogP contribution in [0.25, 0.3) is 0 Å². The van der Waals surface area contributed by atoms with Crippen molar-refractivity contribution in [3.8, 4) is 0 Å². The number of nitrogens with one attached hydrogen (secondary N) is 1. The van der Waals surface area contributed by atoms with E-state index in [2.05, 4.69) is 39.4 Å². The zero-order valence-electron chi connectivity index (χ0n) is 11.3. The maximum atomic E-state index is 11.7. The normalized spacial score (nSPS) is 10.9. The van der Waals surface area contributed by atoms with E-state index >= 15 is 0 Å². The van der Waals surface area contributed by atoms with Crippen molar-refractivity contribution in [2.24, 2.45) is 0 Å². The van der Waals surface area contributed by atoms with Gasteiger partial charge in [0.25, 0.3) is 0 Å². The Bertz CT molecular complexity index is 539. The summed E-state index contributed by atoms with van der Waals surface area (Å²) in [6, 6.07) is 0. The second kappa shape index (κ2) is 7.34. The third kappa shape index (κ3) is 4.89. The van der Waals surface area contributed by atoms with Gasteiger partial charge in [0.15, 0.2) is 4.34 Å². The van der Waals surface area contributed by atoms with Crippen molar-refractivity contribution >= 4 is 34.1 Å². The van der Waals surface area contributed by atoms with Crippen LogP contribution in [0.5, 0.6) is 0 Å². The van der Waals surface area contributed by atoms with Crippen molar-refractivity contribution in [3.63, 3.8) is 0 Å². The first kappa shape index (κ1) is 14.9.